The van der Waals surface area contributed by atoms with Crippen molar-refractivity contribution in [2.75, 3.05) is 18.0 Å². The first-order valence-electron chi connectivity index (χ1n) is 8.91. The molecule has 0 saturated carbocycles. The van der Waals surface area contributed by atoms with E-state index >= 15 is 0 Å². The van der Waals surface area contributed by atoms with E-state index < -0.39 is 0 Å². The minimum absolute atomic E-state index is 0.265. The molecule has 0 spiro atoms. The number of aromatic nitrogens is 2. The number of carbonyl (C=O) groups is 1. The minimum atomic E-state index is -0.266. The molecule has 0 unspecified atom stereocenters. The van der Waals surface area contributed by atoms with Gasteiger partial charge in [-0.25, -0.2) is 14.4 Å². The van der Waals surface area contributed by atoms with Gasteiger partial charge in [0.15, 0.2) is 5.82 Å². The van der Waals surface area contributed by atoms with Crippen molar-refractivity contribution in [1.29, 1.82) is 0 Å². The first-order chi connectivity index (χ1) is 13.2. The van der Waals surface area contributed by atoms with Gasteiger partial charge in [0.1, 0.15) is 11.5 Å². The van der Waals surface area contributed by atoms with Crippen LogP contribution in [-0.2, 0) is 12.8 Å². The Balaban J connectivity index is 1.36. The van der Waals surface area contributed by atoms with Crippen LogP contribution in [0.5, 0.6) is 0 Å². The molecule has 1 aliphatic heterocycles. The number of rotatable bonds is 5. The molecular formula is C21H19FN4O. The number of hydrogen-bond acceptors (Lipinski definition) is 4. The number of fused-ring (bicyclic) bond motifs is 1. The molecule has 1 amide bonds. The quantitative estimate of drug-likeness (QED) is 0.757. The number of nitrogens with zero attached hydrogens (tertiary/aromatic N) is 3. The molecule has 136 valence electrons. The average molecular weight is 362 g/mol. The fraction of sp³-hybridized carbons (Fsp3) is 0.190. The first-order valence-corrected chi connectivity index (χ1v) is 8.91. The molecule has 3 aromatic rings. The Morgan fingerprint density at radius 2 is 1.89 bits per heavy atom. The minimum Gasteiger partial charge on any atom is -0.350 e. The van der Waals surface area contributed by atoms with Gasteiger partial charge in [0.05, 0.1) is 12.4 Å². The van der Waals surface area contributed by atoms with Crippen molar-refractivity contribution in [3.05, 3.63) is 83.6 Å². The highest BCUT2D eigenvalue weighted by Gasteiger charge is 2.21. The van der Waals surface area contributed by atoms with Crippen LogP contribution in [0.4, 0.5) is 15.9 Å². The maximum Gasteiger partial charge on any atom is 0.271 e. The molecule has 0 radical (unpaired) electrons. The lowest BCUT2D eigenvalue weighted by atomic mass is 10.1. The molecule has 6 heteroatoms. The van der Waals surface area contributed by atoms with Crippen molar-refractivity contribution in [3.63, 3.8) is 0 Å². The first kappa shape index (κ1) is 17.1. The third-order valence-electron chi connectivity index (χ3n) is 4.65. The van der Waals surface area contributed by atoms with E-state index in [4.69, 9.17) is 0 Å². The summed E-state index contributed by atoms with van der Waals surface area (Å²) in [5.41, 5.74) is 3.68. The van der Waals surface area contributed by atoms with Crippen molar-refractivity contribution in [2.45, 2.75) is 12.8 Å². The third-order valence-corrected chi connectivity index (χ3v) is 4.65. The molecular weight excluding hydrogens is 343 g/mol. The molecule has 4 rings (SSSR count). The molecule has 1 aliphatic rings. The van der Waals surface area contributed by atoms with E-state index in [0.29, 0.717) is 13.0 Å². The summed E-state index contributed by atoms with van der Waals surface area (Å²) in [7, 11) is 0. The number of nitrogens with one attached hydrogen (secondary N) is 1. The number of halogens is 1. The van der Waals surface area contributed by atoms with Gasteiger partial charge in [-0.1, -0.05) is 30.3 Å². The zero-order valence-electron chi connectivity index (χ0n) is 14.7. The van der Waals surface area contributed by atoms with E-state index in [1.54, 1.807) is 18.3 Å². The molecule has 0 atom stereocenters. The van der Waals surface area contributed by atoms with Gasteiger partial charge < -0.3 is 10.2 Å². The summed E-state index contributed by atoms with van der Waals surface area (Å²) in [6.07, 6.45) is 4.74. The standard InChI is InChI=1S/C21H19FN4O/c22-17-7-5-15(6-8-17)9-11-23-21(27)18-13-25-20(14-24-18)26-12-10-16-3-1-2-4-19(16)26/h1-8,13-14H,9-12H2,(H,23,27). The molecule has 2 heterocycles. The van der Waals surface area contributed by atoms with Gasteiger partial charge in [-0.05, 0) is 42.2 Å². The molecule has 0 fully saturated rings. The molecule has 2 aromatic carbocycles. The normalized spacial score (nSPS) is 12.7. The summed E-state index contributed by atoms with van der Waals surface area (Å²) < 4.78 is 12.9. The summed E-state index contributed by atoms with van der Waals surface area (Å²) in [6, 6.07) is 14.5. The molecule has 1 aromatic heterocycles. The van der Waals surface area contributed by atoms with Crippen molar-refractivity contribution in [1.82, 2.24) is 15.3 Å². The van der Waals surface area contributed by atoms with Crippen LogP contribution in [0.15, 0.2) is 60.9 Å². The summed E-state index contributed by atoms with van der Waals surface area (Å²) in [5, 5.41) is 2.82. The number of hydrogen-bond donors (Lipinski definition) is 1. The SMILES string of the molecule is O=C(NCCc1ccc(F)cc1)c1cnc(N2CCc3ccccc32)cn1. The highest BCUT2D eigenvalue weighted by Crippen LogP contribution is 2.32. The summed E-state index contributed by atoms with van der Waals surface area (Å²) >= 11 is 0. The van der Waals surface area contributed by atoms with E-state index in [2.05, 4.69) is 32.3 Å². The van der Waals surface area contributed by atoms with Crippen LogP contribution >= 0.6 is 0 Å². The smallest absolute Gasteiger partial charge is 0.271 e. The van der Waals surface area contributed by atoms with Crippen molar-refractivity contribution in [2.24, 2.45) is 0 Å². The fourth-order valence-corrected chi connectivity index (χ4v) is 3.22. The molecule has 0 bridgehead atoms. The summed E-state index contributed by atoms with van der Waals surface area (Å²) in [5.74, 6) is 0.208. The Morgan fingerprint density at radius 1 is 1.07 bits per heavy atom. The maximum absolute atomic E-state index is 12.9. The largest absolute Gasteiger partial charge is 0.350 e. The Kier molecular flexibility index (Phi) is 4.78. The number of anilines is 2. The zero-order chi connectivity index (χ0) is 18.6. The van der Waals surface area contributed by atoms with Gasteiger partial charge in [-0.2, -0.15) is 0 Å². The van der Waals surface area contributed by atoms with Gasteiger partial charge >= 0.3 is 0 Å². The van der Waals surface area contributed by atoms with Crippen LogP contribution in [0.2, 0.25) is 0 Å². The van der Waals surface area contributed by atoms with Gasteiger partial charge in [-0.15, -0.1) is 0 Å². The lowest BCUT2D eigenvalue weighted by Crippen LogP contribution is -2.27. The average Bonchev–Trinajstić information content (AvgIpc) is 3.14. The summed E-state index contributed by atoms with van der Waals surface area (Å²) in [6.45, 7) is 1.31. The van der Waals surface area contributed by atoms with Crippen LogP contribution in [-0.4, -0.2) is 29.0 Å². The number of carbonyl (C=O) groups excluding carboxylic acids is 1. The number of para-hydroxylation sites is 1. The zero-order valence-corrected chi connectivity index (χ0v) is 14.7. The molecule has 0 saturated heterocycles. The van der Waals surface area contributed by atoms with Crippen LogP contribution in [0.3, 0.4) is 0 Å². The predicted octanol–water partition coefficient (Wildman–Crippen LogP) is 3.28. The monoisotopic (exact) mass is 362 g/mol. The van der Waals surface area contributed by atoms with E-state index in [1.807, 2.05) is 12.1 Å². The molecule has 27 heavy (non-hydrogen) atoms. The lowest BCUT2D eigenvalue weighted by Gasteiger charge is -2.17. The topological polar surface area (TPSA) is 58.1 Å². The van der Waals surface area contributed by atoms with E-state index in [9.17, 15) is 9.18 Å². The van der Waals surface area contributed by atoms with Crippen LogP contribution in [0, 0.1) is 5.82 Å². The Bertz CT molecular complexity index is 941. The fourth-order valence-electron chi connectivity index (χ4n) is 3.22. The molecule has 0 aliphatic carbocycles. The van der Waals surface area contributed by atoms with E-state index in [0.717, 1.165) is 30.0 Å². The van der Waals surface area contributed by atoms with Crippen molar-refractivity contribution < 1.29 is 9.18 Å². The van der Waals surface area contributed by atoms with Crippen LogP contribution < -0.4 is 10.2 Å². The second kappa shape index (κ2) is 7.53. The van der Waals surface area contributed by atoms with E-state index in [-0.39, 0.29) is 17.4 Å². The van der Waals surface area contributed by atoms with Crippen LogP contribution in [0.25, 0.3) is 0 Å². The van der Waals surface area contributed by atoms with Gasteiger partial charge in [0, 0.05) is 18.8 Å². The predicted molar refractivity (Wildman–Crippen MR) is 102 cm³/mol. The second-order valence-corrected chi connectivity index (χ2v) is 6.42. The van der Waals surface area contributed by atoms with Crippen molar-refractivity contribution >= 4 is 17.4 Å². The van der Waals surface area contributed by atoms with Crippen molar-refractivity contribution in [3.8, 4) is 0 Å². The lowest BCUT2D eigenvalue weighted by molar-refractivity contribution is 0.0949. The summed E-state index contributed by atoms with van der Waals surface area (Å²) in [4.78, 5) is 23.0. The second-order valence-electron chi connectivity index (χ2n) is 6.42. The van der Waals surface area contributed by atoms with Gasteiger partial charge in [0.2, 0.25) is 0 Å². The van der Waals surface area contributed by atoms with Crippen LogP contribution in [0.1, 0.15) is 21.6 Å². The Hall–Kier alpha value is -3.28. The maximum atomic E-state index is 12.9. The molecule has 1 N–H and O–H groups in total. The van der Waals surface area contributed by atoms with Gasteiger partial charge in [-0.3, -0.25) is 4.79 Å². The Morgan fingerprint density at radius 3 is 2.67 bits per heavy atom. The number of amides is 1. The highest BCUT2D eigenvalue weighted by molar-refractivity contribution is 5.92. The molecule has 5 nitrogen and oxygen atoms in total. The number of benzene rings is 2. The van der Waals surface area contributed by atoms with Gasteiger partial charge in [0.25, 0.3) is 5.91 Å². The highest BCUT2D eigenvalue weighted by atomic mass is 19.1. The van der Waals surface area contributed by atoms with E-state index in [1.165, 1.54) is 23.9 Å². The Labute approximate surface area is 156 Å². The third kappa shape index (κ3) is 3.79.